The van der Waals surface area contributed by atoms with Gasteiger partial charge in [-0.05, 0) is 41.3 Å². The number of nitrogens with zero attached hydrogens (tertiary/aromatic N) is 2. The van der Waals surface area contributed by atoms with Gasteiger partial charge in [0.25, 0.3) is 0 Å². The van der Waals surface area contributed by atoms with E-state index in [1.54, 1.807) is 10.9 Å². The van der Waals surface area contributed by atoms with Crippen LogP contribution in [0.1, 0.15) is 29.7 Å². The van der Waals surface area contributed by atoms with Gasteiger partial charge in [-0.2, -0.15) is 5.10 Å². The summed E-state index contributed by atoms with van der Waals surface area (Å²) < 4.78 is 1.77. The van der Waals surface area contributed by atoms with E-state index in [9.17, 15) is 9.90 Å². The van der Waals surface area contributed by atoms with Gasteiger partial charge in [0.15, 0.2) is 0 Å². The van der Waals surface area contributed by atoms with Crippen LogP contribution in [0, 0.1) is 0 Å². The Labute approximate surface area is 153 Å². The van der Waals surface area contributed by atoms with E-state index in [0.717, 1.165) is 23.2 Å². The summed E-state index contributed by atoms with van der Waals surface area (Å²) in [6.45, 7) is 1.97. The Balaban J connectivity index is 1.61. The first kappa shape index (κ1) is 17.9. The van der Waals surface area contributed by atoms with E-state index in [1.807, 2.05) is 60.8 Å². The molecule has 0 radical (unpaired) electrons. The number of aliphatic hydroxyl groups is 1. The molecule has 3 aromatic rings. The molecule has 3 rings (SSSR count). The Kier molecular flexibility index (Phi) is 5.81. The molecule has 0 aliphatic rings. The quantitative estimate of drug-likeness (QED) is 0.689. The minimum absolute atomic E-state index is 0.115. The van der Waals surface area contributed by atoms with Crippen LogP contribution in [0.3, 0.4) is 0 Å². The predicted molar refractivity (Wildman–Crippen MR) is 101 cm³/mol. The average molecular weight is 349 g/mol. The van der Waals surface area contributed by atoms with Crippen LogP contribution < -0.4 is 5.32 Å². The fourth-order valence-electron chi connectivity index (χ4n) is 2.84. The second-order valence-electron chi connectivity index (χ2n) is 6.19. The summed E-state index contributed by atoms with van der Waals surface area (Å²) in [6, 6.07) is 17.1. The Morgan fingerprint density at radius 2 is 1.81 bits per heavy atom. The number of carbonyl (C=O) groups is 1. The van der Waals surface area contributed by atoms with E-state index in [4.69, 9.17) is 0 Å². The van der Waals surface area contributed by atoms with Crippen LogP contribution in [0.15, 0.2) is 67.0 Å². The van der Waals surface area contributed by atoms with Gasteiger partial charge in [-0.25, -0.2) is 4.68 Å². The van der Waals surface area contributed by atoms with Gasteiger partial charge in [0.2, 0.25) is 5.91 Å². The van der Waals surface area contributed by atoms with Crippen molar-refractivity contribution in [3.05, 3.63) is 83.7 Å². The highest BCUT2D eigenvalue weighted by atomic mass is 16.3. The third-order valence-electron chi connectivity index (χ3n) is 4.38. The molecule has 5 heteroatoms. The Bertz CT molecular complexity index is 825. The van der Waals surface area contributed by atoms with Crippen molar-refractivity contribution in [2.45, 2.75) is 25.8 Å². The number of hydrogen-bond donors (Lipinski definition) is 2. The smallest absolute Gasteiger partial charge is 0.224 e. The molecule has 1 atom stereocenters. The zero-order valence-corrected chi connectivity index (χ0v) is 14.8. The van der Waals surface area contributed by atoms with Gasteiger partial charge >= 0.3 is 0 Å². The monoisotopic (exact) mass is 349 g/mol. The fourth-order valence-corrected chi connectivity index (χ4v) is 2.84. The van der Waals surface area contributed by atoms with Crippen molar-refractivity contribution in [3.63, 3.8) is 0 Å². The average Bonchev–Trinajstić information content (AvgIpc) is 3.21. The zero-order valence-electron chi connectivity index (χ0n) is 14.8. The Hall–Kier alpha value is -2.92. The molecular formula is C21H23N3O2. The molecule has 1 aromatic heterocycles. The van der Waals surface area contributed by atoms with Gasteiger partial charge < -0.3 is 10.4 Å². The highest BCUT2D eigenvalue weighted by molar-refractivity contribution is 5.79. The first-order chi connectivity index (χ1) is 12.7. The first-order valence-electron chi connectivity index (χ1n) is 8.77. The van der Waals surface area contributed by atoms with Crippen molar-refractivity contribution in [2.75, 3.05) is 6.61 Å². The van der Waals surface area contributed by atoms with Crippen molar-refractivity contribution in [2.24, 2.45) is 0 Å². The summed E-state index contributed by atoms with van der Waals surface area (Å²) in [5, 5.41) is 16.7. The molecule has 1 heterocycles. The number of nitrogens with one attached hydrogen (secondary N) is 1. The lowest BCUT2D eigenvalue weighted by Gasteiger charge is -2.17. The topological polar surface area (TPSA) is 67.2 Å². The van der Waals surface area contributed by atoms with Crippen molar-refractivity contribution in [1.82, 2.24) is 15.1 Å². The van der Waals surface area contributed by atoms with Gasteiger partial charge in [0.05, 0.1) is 24.8 Å². The Morgan fingerprint density at radius 3 is 2.38 bits per heavy atom. The molecule has 0 bridgehead atoms. The number of hydrogen-bond acceptors (Lipinski definition) is 3. The zero-order chi connectivity index (χ0) is 18.4. The maximum absolute atomic E-state index is 12.4. The van der Waals surface area contributed by atoms with Crippen LogP contribution in [0.5, 0.6) is 0 Å². The molecule has 0 aliphatic carbocycles. The summed E-state index contributed by atoms with van der Waals surface area (Å²) in [7, 11) is 0. The van der Waals surface area contributed by atoms with E-state index in [0.29, 0.717) is 0 Å². The Morgan fingerprint density at radius 1 is 1.12 bits per heavy atom. The SMILES string of the molecule is CCc1ccc(C(CO)NC(=O)Cc2ccc(-n3cccn3)cc2)cc1. The first-order valence-corrected chi connectivity index (χ1v) is 8.77. The van der Waals surface area contributed by atoms with Crippen LogP contribution >= 0.6 is 0 Å². The molecule has 5 nitrogen and oxygen atoms in total. The molecule has 2 N–H and O–H groups in total. The standard InChI is InChI=1S/C21H23N3O2/c1-2-16-4-8-18(9-5-16)20(15-25)23-21(26)14-17-6-10-19(11-7-17)24-13-3-12-22-24/h3-13,20,25H,2,14-15H2,1H3,(H,23,26). The minimum Gasteiger partial charge on any atom is -0.394 e. The molecule has 0 aliphatic heterocycles. The van der Waals surface area contributed by atoms with Gasteiger partial charge in [0, 0.05) is 12.4 Å². The normalized spacial score (nSPS) is 11.9. The third-order valence-corrected chi connectivity index (χ3v) is 4.38. The highest BCUT2D eigenvalue weighted by Gasteiger charge is 2.14. The number of aryl methyl sites for hydroxylation is 1. The predicted octanol–water partition coefficient (Wildman–Crippen LogP) is 2.83. The molecule has 0 saturated heterocycles. The minimum atomic E-state index is -0.392. The van der Waals surface area contributed by atoms with Crippen LogP contribution in [0.2, 0.25) is 0 Å². The number of rotatable bonds is 7. The third kappa shape index (κ3) is 4.37. The van der Waals surface area contributed by atoms with Gasteiger partial charge in [-0.3, -0.25) is 4.79 Å². The van der Waals surface area contributed by atoms with Crippen LogP contribution in [0.25, 0.3) is 5.69 Å². The number of aliphatic hydroxyl groups excluding tert-OH is 1. The van der Waals surface area contributed by atoms with E-state index < -0.39 is 6.04 Å². The van der Waals surface area contributed by atoms with Gasteiger partial charge in [0.1, 0.15) is 0 Å². The molecule has 0 saturated carbocycles. The molecule has 1 unspecified atom stereocenters. The molecular weight excluding hydrogens is 326 g/mol. The molecule has 0 fully saturated rings. The van der Waals surface area contributed by atoms with Crippen molar-refractivity contribution in [3.8, 4) is 5.69 Å². The largest absolute Gasteiger partial charge is 0.394 e. The maximum Gasteiger partial charge on any atom is 0.224 e. The van der Waals surface area contributed by atoms with E-state index in [2.05, 4.69) is 17.3 Å². The summed E-state index contributed by atoms with van der Waals surface area (Å²) in [5.41, 5.74) is 4.00. The van der Waals surface area contributed by atoms with Crippen molar-refractivity contribution >= 4 is 5.91 Å². The molecule has 26 heavy (non-hydrogen) atoms. The molecule has 0 spiro atoms. The van der Waals surface area contributed by atoms with Crippen molar-refractivity contribution < 1.29 is 9.90 Å². The summed E-state index contributed by atoms with van der Waals surface area (Å²) >= 11 is 0. The summed E-state index contributed by atoms with van der Waals surface area (Å²) in [6.07, 6.45) is 4.83. The fraction of sp³-hybridized carbons (Fsp3) is 0.238. The lowest BCUT2D eigenvalue weighted by atomic mass is 10.0. The lowest BCUT2D eigenvalue weighted by molar-refractivity contribution is -0.121. The van der Waals surface area contributed by atoms with Crippen LogP contribution in [-0.2, 0) is 17.6 Å². The van der Waals surface area contributed by atoms with E-state index in [1.165, 1.54) is 5.56 Å². The number of benzene rings is 2. The lowest BCUT2D eigenvalue weighted by Crippen LogP contribution is -2.31. The van der Waals surface area contributed by atoms with Gasteiger partial charge in [-0.1, -0.05) is 43.3 Å². The number of aromatic nitrogens is 2. The summed E-state index contributed by atoms with van der Waals surface area (Å²) in [4.78, 5) is 12.4. The second kappa shape index (κ2) is 8.45. The maximum atomic E-state index is 12.4. The van der Waals surface area contributed by atoms with Crippen LogP contribution in [0.4, 0.5) is 0 Å². The molecule has 2 aromatic carbocycles. The van der Waals surface area contributed by atoms with Gasteiger partial charge in [-0.15, -0.1) is 0 Å². The van der Waals surface area contributed by atoms with E-state index in [-0.39, 0.29) is 18.9 Å². The molecule has 1 amide bonds. The second-order valence-corrected chi connectivity index (χ2v) is 6.19. The summed E-state index contributed by atoms with van der Waals surface area (Å²) in [5.74, 6) is -0.115. The van der Waals surface area contributed by atoms with E-state index >= 15 is 0 Å². The molecule has 134 valence electrons. The number of amides is 1. The highest BCUT2D eigenvalue weighted by Crippen LogP contribution is 2.15. The number of carbonyl (C=O) groups excluding carboxylic acids is 1. The van der Waals surface area contributed by atoms with Crippen LogP contribution in [-0.4, -0.2) is 27.4 Å². The van der Waals surface area contributed by atoms with Crippen molar-refractivity contribution in [1.29, 1.82) is 0 Å².